The van der Waals surface area contributed by atoms with Gasteiger partial charge in [0.2, 0.25) is 0 Å². The maximum Gasteiger partial charge on any atom is 0.0589 e. The van der Waals surface area contributed by atoms with E-state index in [-0.39, 0.29) is 0 Å². The van der Waals surface area contributed by atoms with E-state index in [0.29, 0.717) is 0 Å². The topological polar surface area (TPSA) is 15.7 Å². The van der Waals surface area contributed by atoms with Crippen LogP contribution in [0.5, 0.6) is 0 Å². The van der Waals surface area contributed by atoms with Crippen molar-refractivity contribution in [1.29, 1.82) is 0 Å². The molecule has 1 radical (unpaired) electrons. The predicted octanol–water partition coefficient (Wildman–Crippen LogP) is 1.83. The van der Waals surface area contributed by atoms with Gasteiger partial charge >= 0.3 is 0 Å². The number of ether oxygens (including phenoxy) is 1. The molecule has 1 aromatic carbocycles. The molecule has 1 heterocycles. The van der Waals surface area contributed by atoms with Gasteiger partial charge in [-0.2, -0.15) is 0 Å². The summed E-state index contributed by atoms with van der Waals surface area (Å²) in [6.45, 7) is 10.2. The first kappa shape index (κ1) is 13.4. The summed E-state index contributed by atoms with van der Waals surface area (Å²) in [7, 11) is 1.76. The number of benzene rings is 1. The molecule has 0 saturated carbocycles. The van der Waals surface area contributed by atoms with Gasteiger partial charge in [0.25, 0.3) is 0 Å². The molecule has 0 N–H and O–H groups in total. The van der Waals surface area contributed by atoms with E-state index in [1.54, 1.807) is 7.11 Å². The van der Waals surface area contributed by atoms with Gasteiger partial charge in [0.1, 0.15) is 0 Å². The standard InChI is InChI=1S/C15H23N2O/c1-3-14-4-6-15(7-5-14)17-10-8-16(9-11-17)12-13-18-2/h4-7H,1,3,8-13H2,2H3. The molecule has 1 fully saturated rings. The lowest BCUT2D eigenvalue weighted by molar-refractivity contribution is 0.144. The molecule has 1 aliphatic heterocycles. The summed E-state index contributed by atoms with van der Waals surface area (Å²) in [5, 5.41) is 0. The Bertz CT molecular complexity index is 342. The number of nitrogens with zero attached hydrogens (tertiary/aromatic N) is 2. The summed E-state index contributed by atoms with van der Waals surface area (Å²) in [4.78, 5) is 4.92. The van der Waals surface area contributed by atoms with E-state index in [0.717, 1.165) is 45.8 Å². The van der Waals surface area contributed by atoms with Crippen LogP contribution >= 0.6 is 0 Å². The molecule has 0 spiro atoms. The zero-order valence-electron chi connectivity index (χ0n) is 11.3. The van der Waals surface area contributed by atoms with Crippen molar-refractivity contribution in [2.75, 3.05) is 51.3 Å². The first-order valence-corrected chi connectivity index (χ1v) is 6.68. The lowest BCUT2D eigenvalue weighted by Gasteiger charge is -2.36. The quantitative estimate of drug-likeness (QED) is 0.789. The van der Waals surface area contributed by atoms with E-state index >= 15 is 0 Å². The lowest BCUT2D eigenvalue weighted by Crippen LogP contribution is -2.47. The molecule has 1 aromatic rings. The van der Waals surface area contributed by atoms with Crippen molar-refractivity contribution >= 4 is 5.69 Å². The Hall–Kier alpha value is -1.06. The Morgan fingerprint density at radius 3 is 2.33 bits per heavy atom. The van der Waals surface area contributed by atoms with Gasteiger partial charge in [-0.15, -0.1) is 0 Å². The van der Waals surface area contributed by atoms with Crippen molar-refractivity contribution in [2.24, 2.45) is 0 Å². The van der Waals surface area contributed by atoms with Gasteiger partial charge in [0.05, 0.1) is 6.61 Å². The van der Waals surface area contributed by atoms with Crippen LogP contribution in [0.2, 0.25) is 0 Å². The highest BCUT2D eigenvalue weighted by Gasteiger charge is 2.16. The van der Waals surface area contributed by atoms with Gasteiger partial charge in [0, 0.05) is 45.5 Å². The van der Waals surface area contributed by atoms with Crippen molar-refractivity contribution < 1.29 is 4.74 Å². The van der Waals surface area contributed by atoms with Gasteiger partial charge in [-0.3, -0.25) is 4.90 Å². The van der Waals surface area contributed by atoms with Crippen LogP contribution in [-0.2, 0) is 11.2 Å². The Balaban J connectivity index is 1.84. The molecule has 2 rings (SSSR count). The number of anilines is 1. The van der Waals surface area contributed by atoms with Crippen LogP contribution in [0.1, 0.15) is 5.56 Å². The van der Waals surface area contributed by atoms with Gasteiger partial charge in [-0.05, 0) is 31.0 Å². The summed E-state index contributed by atoms with van der Waals surface area (Å²) >= 11 is 0. The largest absolute Gasteiger partial charge is 0.383 e. The van der Waals surface area contributed by atoms with Crippen LogP contribution < -0.4 is 4.90 Å². The van der Waals surface area contributed by atoms with E-state index in [1.165, 1.54) is 11.3 Å². The third-order valence-corrected chi connectivity index (χ3v) is 3.57. The normalized spacial score (nSPS) is 17.1. The summed E-state index contributed by atoms with van der Waals surface area (Å²) in [5.41, 5.74) is 2.64. The third-order valence-electron chi connectivity index (χ3n) is 3.57. The summed E-state index contributed by atoms with van der Waals surface area (Å²) < 4.78 is 5.12. The van der Waals surface area contributed by atoms with Gasteiger partial charge in [0.15, 0.2) is 0 Å². The highest BCUT2D eigenvalue weighted by molar-refractivity contribution is 5.48. The predicted molar refractivity (Wildman–Crippen MR) is 76.0 cm³/mol. The molecular weight excluding hydrogens is 224 g/mol. The van der Waals surface area contributed by atoms with Gasteiger partial charge in [-0.25, -0.2) is 0 Å². The highest BCUT2D eigenvalue weighted by atomic mass is 16.5. The number of rotatable bonds is 5. The number of hydrogen-bond acceptors (Lipinski definition) is 3. The third kappa shape index (κ3) is 3.47. The van der Waals surface area contributed by atoms with Crippen LogP contribution in [0, 0.1) is 6.92 Å². The monoisotopic (exact) mass is 247 g/mol. The van der Waals surface area contributed by atoms with Crippen molar-refractivity contribution in [3.63, 3.8) is 0 Å². The molecule has 99 valence electrons. The molecule has 0 amide bonds. The summed E-state index contributed by atoms with van der Waals surface area (Å²) in [5.74, 6) is 0. The molecule has 1 saturated heterocycles. The fourth-order valence-corrected chi connectivity index (χ4v) is 2.32. The van der Waals surface area contributed by atoms with E-state index in [9.17, 15) is 0 Å². The summed E-state index contributed by atoms with van der Waals surface area (Å²) in [6.07, 6.45) is 0.866. The van der Waals surface area contributed by atoms with Crippen molar-refractivity contribution in [3.8, 4) is 0 Å². The van der Waals surface area contributed by atoms with Crippen LogP contribution in [0.15, 0.2) is 24.3 Å². The molecule has 0 atom stereocenters. The molecule has 0 aliphatic carbocycles. The van der Waals surface area contributed by atoms with Crippen molar-refractivity contribution in [3.05, 3.63) is 36.8 Å². The lowest BCUT2D eigenvalue weighted by atomic mass is 10.1. The first-order valence-electron chi connectivity index (χ1n) is 6.68. The fourth-order valence-electron chi connectivity index (χ4n) is 2.32. The molecule has 1 aliphatic rings. The second-order valence-electron chi connectivity index (χ2n) is 4.74. The second kappa shape index (κ2) is 6.76. The zero-order valence-corrected chi connectivity index (χ0v) is 11.3. The van der Waals surface area contributed by atoms with Crippen LogP contribution in [0.25, 0.3) is 0 Å². The Morgan fingerprint density at radius 2 is 1.78 bits per heavy atom. The minimum absolute atomic E-state index is 0.832. The fraction of sp³-hybridized carbons (Fsp3) is 0.533. The zero-order chi connectivity index (χ0) is 12.8. The van der Waals surface area contributed by atoms with E-state index in [2.05, 4.69) is 41.0 Å². The Kier molecular flexibility index (Phi) is 5.02. The average molecular weight is 247 g/mol. The van der Waals surface area contributed by atoms with Gasteiger partial charge in [-0.1, -0.05) is 12.1 Å². The molecule has 3 heteroatoms. The Labute approximate surface area is 110 Å². The SMILES string of the molecule is [CH2]Cc1ccc(N2CCN(CCOC)CC2)cc1. The molecule has 3 nitrogen and oxygen atoms in total. The minimum Gasteiger partial charge on any atom is -0.383 e. The molecule has 0 unspecified atom stereocenters. The summed E-state index contributed by atoms with van der Waals surface area (Å²) in [6, 6.07) is 8.79. The van der Waals surface area contributed by atoms with Crippen LogP contribution in [0.3, 0.4) is 0 Å². The highest BCUT2D eigenvalue weighted by Crippen LogP contribution is 2.17. The van der Waals surface area contributed by atoms with Gasteiger partial charge < -0.3 is 9.64 Å². The number of hydrogen-bond donors (Lipinski definition) is 0. The van der Waals surface area contributed by atoms with E-state index in [4.69, 9.17) is 4.74 Å². The average Bonchev–Trinajstić information content (AvgIpc) is 2.46. The van der Waals surface area contributed by atoms with Crippen LogP contribution in [0.4, 0.5) is 5.69 Å². The Morgan fingerprint density at radius 1 is 1.11 bits per heavy atom. The smallest absolute Gasteiger partial charge is 0.0589 e. The van der Waals surface area contributed by atoms with E-state index in [1.807, 2.05) is 0 Å². The maximum absolute atomic E-state index is 5.12. The molecule has 18 heavy (non-hydrogen) atoms. The molecular formula is C15H23N2O. The molecule has 0 bridgehead atoms. The van der Waals surface area contributed by atoms with Crippen LogP contribution in [-0.4, -0.2) is 51.3 Å². The number of methoxy groups -OCH3 is 1. The van der Waals surface area contributed by atoms with Crippen molar-refractivity contribution in [1.82, 2.24) is 4.90 Å². The minimum atomic E-state index is 0.832. The molecule has 0 aromatic heterocycles. The first-order chi connectivity index (χ1) is 8.83. The maximum atomic E-state index is 5.12. The van der Waals surface area contributed by atoms with E-state index < -0.39 is 0 Å². The van der Waals surface area contributed by atoms with Crippen molar-refractivity contribution in [2.45, 2.75) is 6.42 Å². The number of piperazine rings is 1. The second-order valence-corrected chi connectivity index (χ2v) is 4.74.